The molecule has 104 valence electrons. The van der Waals surface area contributed by atoms with Crippen molar-refractivity contribution in [2.24, 2.45) is 5.92 Å². The summed E-state index contributed by atoms with van der Waals surface area (Å²) in [6, 6.07) is 7.16. The second-order valence-corrected chi connectivity index (χ2v) is 5.01. The van der Waals surface area contributed by atoms with Crippen LogP contribution < -0.4 is 5.32 Å². The highest BCUT2D eigenvalue weighted by atomic mass is 19.1. The lowest BCUT2D eigenvalue weighted by atomic mass is 10.0. The fraction of sp³-hybridized carbons (Fsp3) is 0.500. The molecule has 2 nitrogen and oxygen atoms in total. The molecule has 1 aliphatic carbocycles. The predicted molar refractivity (Wildman–Crippen MR) is 75.5 cm³/mol. The second-order valence-electron chi connectivity index (χ2n) is 5.01. The summed E-state index contributed by atoms with van der Waals surface area (Å²) in [7, 11) is 0. The van der Waals surface area contributed by atoms with Gasteiger partial charge in [-0.2, -0.15) is 0 Å². The molecule has 0 aromatic heterocycles. The lowest BCUT2D eigenvalue weighted by Crippen LogP contribution is -2.27. The molecule has 1 fully saturated rings. The second kappa shape index (κ2) is 7.41. The normalized spacial score (nSPS) is 16.3. The van der Waals surface area contributed by atoms with Crippen molar-refractivity contribution in [2.45, 2.75) is 25.3 Å². The van der Waals surface area contributed by atoms with Crippen LogP contribution in [0.1, 0.15) is 30.9 Å². The van der Waals surface area contributed by atoms with Crippen LogP contribution in [0.4, 0.5) is 4.39 Å². The van der Waals surface area contributed by atoms with E-state index in [9.17, 15) is 4.39 Å². The average molecular weight is 263 g/mol. The van der Waals surface area contributed by atoms with Crippen molar-refractivity contribution in [1.29, 1.82) is 0 Å². The Morgan fingerprint density at radius 1 is 1.32 bits per heavy atom. The predicted octanol–water partition coefficient (Wildman–Crippen LogP) is 3.46. The number of rotatable bonds is 9. The Bertz CT molecular complexity index is 386. The molecule has 1 saturated carbocycles. The van der Waals surface area contributed by atoms with E-state index in [0.29, 0.717) is 18.6 Å². The Kier molecular flexibility index (Phi) is 5.55. The van der Waals surface area contributed by atoms with Crippen molar-refractivity contribution in [3.63, 3.8) is 0 Å². The van der Waals surface area contributed by atoms with Crippen molar-refractivity contribution in [3.8, 4) is 0 Å². The standard InChI is InChI=1S/C16H22FNO/c1-2-3-11-19-12-10-18-16(13-4-5-13)14-6-8-15(17)9-7-14/h2,6-9,13,16,18H,1,3-5,10-12H2. The van der Waals surface area contributed by atoms with Crippen LogP contribution in [0.3, 0.4) is 0 Å². The van der Waals surface area contributed by atoms with Gasteiger partial charge >= 0.3 is 0 Å². The van der Waals surface area contributed by atoms with Gasteiger partial charge in [0.05, 0.1) is 13.2 Å². The van der Waals surface area contributed by atoms with E-state index in [1.165, 1.54) is 30.5 Å². The molecule has 0 heterocycles. The Morgan fingerprint density at radius 2 is 2.05 bits per heavy atom. The van der Waals surface area contributed by atoms with Crippen molar-refractivity contribution >= 4 is 0 Å². The molecule has 1 unspecified atom stereocenters. The van der Waals surface area contributed by atoms with Gasteiger partial charge in [-0.3, -0.25) is 0 Å². The summed E-state index contributed by atoms with van der Waals surface area (Å²) in [6.45, 7) is 5.93. The van der Waals surface area contributed by atoms with Gasteiger partial charge < -0.3 is 10.1 Å². The average Bonchev–Trinajstić information content (AvgIpc) is 3.24. The van der Waals surface area contributed by atoms with Crippen LogP contribution in [0.2, 0.25) is 0 Å². The maximum absolute atomic E-state index is 12.9. The maximum atomic E-state index is 12.9. The molecule has 0 amide bonds. The van der Waals surface area contributed by atoms with Crippen molar-refractivity contribution in [3.05, 3.63) is 48.3 Å². The fourth-order valence-corrected chi connectivity index (χ4v) is 2.21. The summed E-state index contributed by atoms with van der Waals surface area (Å²) in [4.78, 5) is 0. The topological polar surface area (TPSA) is 21.3 Å². The maximum Gasteiger partial charge on any atom is 0.123 e. The highest BCUT2D eigenvalue weighted by Gasteiger charge is 2.31. The van der Waals surface area contributed by atoms with Gasteiger partial charge in [0.15, 0.2) is 0 Å². The third-order valence-corrected chi connectivity index (χ3v) is 3.40. The molecular formula is C16H22FNO. The summed E-state index contributed by atoms with van der Waals surface area (Å²) in [5, 5.41) is 3.52. The first kappa shape index (κ1) is 14.2. The van der Waals surface area contributed by atoms with Gasteiger partial charge in [-0.1, -0.05) is 18.2 Å². The number of nitrogens with one attached hydrogen (secondary N) is 1. The molecule has 2 rings (SSSR count). The summed E-state index contributed by atoms with van der Waals surface area (Å²) in [5.74, 6) is 0.518. The highest BCUT2D eigenvalue weighted by Crippen LogP contribution is 2.40. The van der Waals surface area contributed by atoms with Gasteiger partial charge in [-0.25, -0.2) is 4.39 Å². The van der Waals surface area contributed by atoms with Crippen LogP contribution in [-0.4, -0.2) is 19.8 Å². The molecule has 0 bridgehead atoms. The molecule has 3 heteroatoms. The minimum atomic E-state index is -0.175. The molecule has 1 aromatic rings. The Hall–Kier alpha value is -1.19. The SMILES string of the molecule is C=CCCOCCNC(c1ccc(F)cc1)C1CC1. The van der Waals surface area contributed by atoms with Gasteiger partial charge in [0.25, 0.3) is 0 Å². The van der Waals surface area contributed by atoms with E-state index in [0.717, 1.165) is 19.6 Å². The van der Waals surface area contributed by atoms with Crippen LogP contribution >= 0.6 is 0 Å². The number of hydrogen-bond donors (Lipinski definition) is 1. The van der Waals surface area contributed by atoms with E-state index in [1.807, 2.05) is 18.2 Å². The number of ether oxygens (including phenoxy) is 1. The molecular weight excluding hydrogens is 241 g/mol. The van der Waals surface area contributed by atoms with Gasteiger partial charge in [0.2, 0.25) is 0 Å². The van der Waals surface area contributed by atoms with Gasteiger partial charge in [0.1, 0.15) is 5.82 Å². The largest absolute Gasteiger partial charge is 0.380 e. The molecule has 1 aromatic carbocycles. The van der Waals surface area contributed by atoms with Crippen LogP contribution in [0, 0.1) is 11.7 Å². The Balaban J connectivity index is 1.77. The Morgan fingerprint density at radius 3 is 2.68 bits per heavy atom. The first-order valence-electron chi connectivity index (χ1n) is 6.98. The molecule has 1 N–H and O–H groups in total. The van der Waals surface area contributed by atoms with Gasteiger partial charge in [-0.05, 0) is 42.9 Å². The van der Waals surface area contributed by atoms with Crippen LogP contribution in [-0.2, 0) is 4.74 Å². The third-order valence-electron chi connectivity index (χ3n) is 3.40. The monoisotopic (exact) mass is 263 g/mol. The summed E-state index contributed by atoms with van der Waals surface area (Å²) < 4.78 is 18.4. The Labute approximate surface area is 114 Å². The molecule has 1 atom stereocenters. The molecule has 0 aliphatic heterocycles. The van der Waals surface area contributed by atoms with E-state index >= 15 is 0 Å². The lowest BCUT2D eigenvalue weighted by Gasteiger charge is -2.18. The zero-order valence-electron chi connectivity index (χ0n) is 11.3. The molecule has 19 heavy (non-hydrogen) atoms. The first-order valence-corrected chi connectivity index (χ1v) is 6.98. The molecule has 0 saturated heterocycles. The van der Waals surface area contributed by atoms with Gasteiger partial charge in [-0.15, -0.1) is 6.58 Å². The van der Waals surface area contributed by atoms with E-state index in [4.69, 9.17) is 4.74 Å². The van der Waals surface area contributed by atoms with Gasteiger partial charge in [0, 0.05) is 12.6 Å². The minimum Gasteiger partial charge on any atom is -0.380 e. The quantitative estimate of drug-likeness (QED) is 0.544. The van der Waals surface area contributed by atoms with E-state index in [2.05, 4.69) is 11.9 Å². The number of hydrogen-bond acceptors (Lipinski definition) is 2. The zero-order chi connectivity index (χ0) is 13.5. The first-order chi connectivity index (χ1) is 9.31. The highest BCUT2D eigenvalue weighted by molar-refractivity contribution is 5.21. The lowest BCUT2D eigenvalue weighted by molar-refractivity contribution is 0.137. The fourth-order valence-electron chi connectivity index (χ4n) is 2.21. The summed E-state index contributed by atoms with van der Waals surface area (Å²) >= 11 is 0. The summed E-state index contributed by atoms with van der Waals surface area (Å²) in [5.41, 5.74) is 1.18. The van der Waals surface area contributed by atoms with E-state index in [1.54, 1.807) is 0 Å². The van der Waals surface area contributed by atoms with Crippen molar-refractivity contribution < 1.29 is 9.13 Å². The van der Waals surface area contributed by atoms with Crippen molar-refractivity contribution in [2.75, 3.05) is 19.8 Å². The van der Waals surface area contributed by atoms with E-state index < -0.39 is 0 Å². The summed E-state index contributed by atoms with van der Waals surface area (Å²) in [6.07, 6.45) is 5.27. The minimum absolute atomic E-state index is 0.175. The molecule has 0 radical (unpaired) electrons. The third kappa shape index (κ3) is 4.77. The molecule has 0 spiro atoms. The van der Waals surface area contributed by atoms with Crippen LogP contribution in [0.15, 0.2) is 36.9 Å². The van der Waals surface area contributed by atoms with Crippen LogP contribution in [0.5, 0.6) is 0 Å². The van der Waals surface area contributed by atoms with Crippen molar-refractivity contribution in [1.82, 2.24) is 5.32 Å². The van der Waals surface area contributed by atoms with Crippen LogP contribution in [0.25, 0.3) is 0 Å². The zero-order valence-corrected chi connectivity index (χ0v) is 11.3. The number of halogens is 1. The molecule has 1 aliphatic rings. The number of benzene rings is 1. The smallest absolute Gasteiger partial charge is 0.123 e. The van der Waals surface area contributed by atoms with E-state index in [-0.39, 0.29) is 5.82 Å².